The van der Waals surface area contributed by atoms with Crippen molar-refractivity contribution in [2.45, 2.75) is 64.6 Å². The number of hydrogen-bond acceptors (Lipinski definition) is 5. The minimum atomic E-state index is -4.60. The van der Waals surface area contributed by atoms with E-state index in [2.05, 4.69) is 33.4 Å². The number of alkyl halides is 3. The summed E-state index contributed by atoms with van der Waals surface area (Å²) in [7, 11) is 1.47. The van der Waals surface area contributed by atoms with Crippen LogP contribution < -0.4 is 16.1 Å². The predicted octanol–water partition coefficient (Wildman–Crippen LogP) is 5.96. The molecule has 41 heavy (non-hydrogen) atoms. The molecule has 224 valence electrons. The van der Waals surface area contributed by atoms with Crippen molar-refractivity contribution in [1.29, 1.82) is 0 Å². The maximum atomic E-state index is 13.7. The molecule has 0 radical (unpaired) electrons. The van der Waals surface area contributed by atoms with Gasteiger partial charge in [-0.1, -0.05) is 31.5 Å². The molecule has 0 bridgehead atoms. The first-order chi connectivity index (χ1) is 19.3. The zero-order valence-electron chi connectivity index (χ0n) is 23.9. The second kappa shape index (κ2) is 14.2. The third-order valence-electron chi connectivity index (χ3n) is 7.01. The second-order valence-electron chi connectivity index (χ2n) is 10.9. The van der Waals surface area contributed by atoms with Gasteiger partial charge in [0.25, 0.3) is 0 Å². The highest BCUT2D eigenvalue weighted by molar-refractivity contribution is 6.31. The van der Waals surface area contributed by atoms with Gasteiger partial charge in [0.05, 0.1) is 11.6 Å². The van der Waals surface area contributed by atoms with Gasteiger partial charge in [0.2, 0.25) is 11.9 Å². The topological polar surface area (TPSA) is 89.0 Å². The summed E-state index contributed by atoms with van der Waals surface area (Å²) in [5.74, 6) is -2.15. The third-order valence-corrected chi connectivity index (χ3v) is 7.35. The number of hydrazine groups is 1. The highest BCUT2D eigenvalue weighted by Gasteiger charge is 2.52. The Bertz CT molecular complexity index is 1250. The fourth-order valence-electron chi connectivity index (χ4n) is 5.03. The number of phenolic OH excluding ortho intramolecular Hbond substituents is 1. The molecule has 1 aromatic carbocycles. The minimum Gasteiger partial charge on any atom is -0.508 e. The summed E-state index contributed by atoms with van der Waals surface area (Å²) >= 11 is 6.60. The van der Waals surface area contributed by atoms with Crippen molar-refractivity contribution in [3.8, 4) is 5.75 Å². The quantitative estimate of drug-likeness (QED) is 0.129. The van der Waals surface area contributed by atoms with Crippen LogP contribution in [0.2, 0.25) is 5.02 Å². The van der Waals surface area contributed by atoms with Gasteiger partial charge >= 0.3 is 6.18 Å². The number of carbonyl (C=O) groups excluding carboxylic acids is 1. The van der Waals surface area contributed by atoms with Crippen LogP contribution in [0.5, 0.6) is 5.75 Å². The summed E-state index contributed by atoms with van der Waals surface area (Å²) in [6.07, 6.45) is 1.89. The molecule has 7 nitrogen and oxygen atoms in total. The van der Waals surface area contributed by atoms with E-state index >= 15 is 0 Å². The molecule has 1 aliphatic heterocycles. The van der Waals surface area contributed by atoms with Crippen molar-refractivity contribution < 1.29 is 23.1 Å². The highest BCUT2D eigenvalue weighted by Crippen LogP contribution is 2.40. The number of guanidine groups is 1. The molecule has 3 atom stereocenters. The van der Waals surface area contributed by atoms with Gasteiger partial charge in [0.1, 0.15) is 11.8 Å². The largest absolute Gasteiger partial charge is 0.508 e. The number of allylic oxidation sites excluding steroid dienone is 3. The van der Waals surface area contributed by atoms with E-state index in [0.29, 0.717) is 30.1 Å². The number of aromatic hydroxyl groups is 1. The maximum absolute atomic E-state index is 13.7. The molecule has 0 spiro atoms. The number of rotatable bonds is 8. The fraction of sp³-hybridized carbons (Fsp3) is 0.500. The number of nitrogens with zero attached hydrogens (tertiary/aromatic N) is 2. The summed E-state index contributed by atoms with van der Waals surface area (Å²) in [4.78, 5) is 17.8. The Kier molecular flexibility index (Phi) is 11.3. The van der Waals surface area contributed by atoms with Crippen LogP contribution in [0.4, 0.5) is 13.2 Å². The number of carbonyl (C=O) groups is 1. The molecule has 3 unspecified atom stereocenters. The van der Waals surface area contributed by atoms with Crippen LogP contribution in [0.25, 0.3) is 0 Å². The van der Waals surface area contributed by atoms with Gasteiger partial charge in [-0.25, -0.2) is 10.4 Å². The predicted molar refractivity (Wildman–Crippen MR) is 156 cm³/mol. The number of hydrogen-bond donors (Lipinski definition) is 4. The van der Waals surface area contributed by atoms with Gasteiger partial charge in [0, 0.05) is 36.7 Å². The molecule has 11 heteroatoms. The number of amides is 1. The van der Waals surface area contributed by atoms with Crippen LogP contribution in [0.15, 0.2) is 64.5 Å². The molecule has 3 rings (SSSR count). The number of halogens is 4. The summed E-state index contributed by atoms with van der Waals surface area (Å²) in [5, 5.41) is 17.9. The normalized spacial score (nSPS) is 21.4. The lowest BCUT2D eigenvalue weighted by molar-refractivity contribution is -0.168. The monoisotopic (exact) mass is 593 g/mol. The van der Waals surface area contributed by atoms with Crippen molar-refractivity contribution in [2.75, 3.05) is 20.1 Å². The minimum absolute atomic E-state index is 0.0627. The number of benzene rings is 1. The first-order valence-corrected chi connectivity index (χ1v) is 14.1. The number of phenols is 1. The van der Waals surface area contributed by atoms with Crippen molar-refractivity contribution in [3.05, 3.63) is 70.1 Å². The highest BCUT2D eigenvalue weighted by atomic mass is 35.5. The number of nitrogens with one attached hydrogen (secondary N) is 3. The van der Waals surface area contributed by atoms with Crippen LogP contribution >= 0.6 is 11.6 Å². The van der Waals surface area contributed by atoms with Gasteiger partial charge in [-0.15, -0.1) is 12.3 Å². The molecule has 1 saturated heterocycles. The van der Waals surface area contributed by atoms with Crippen LogP contribution in [-0.4, -0.2) is 54.3 Å². The molecule has 4 N–H and O–H groups in total. The molecular formula is C30H39ClF3N5O2. The molecule has 0 aromatic heterocycles. The third kappa shape index (κ3) is 8.72. The molecule has 1 heterocycles. The van der Waals surface area contributed by atoms with E-state index in [0.717, 1.165) is 29.6 Å². The van der Waals surface area contributed by atoms with Crippen molar-refractivity contribution in [1.82, 2.24) is 21.1 Å². The average molecular weight is 594 g/mol. The van der Waals surface area contributed by atoms with E-state index in [9.17, 15) is 23.1 Å². The van der Waals surface area contributed by atoms with Crippen molar-refractivity contribution in [3.63, 3.8) is 0 Å². The molecule has 1 aliphatic carbocycles. The summed E-state index contributed by atoms with van der Waals surface area (Å²) in [5.41, 5.74) is 8.66. The van der Waals surface area contributed by atoms with E-state index in [1.54, 1.807) is 18.2 Å². The Morgan fingerprint density at radius 1 is 1.39 bits per heavy atom. The van der Waals surface area contributed by atoms with Crippen LogP contribution in [0.3, 0.4) is 0 Å². The van der Waals surface area contributed by atoms with Gasteiger partial charge in [0.15, 0.2) is 0 Å². The van der Waals surface area contributed by atoms with Crippen molar-refractivity contribution in [2.24, 2.45) is 16.8 Å². The molecule has 0 saturated carbocycles. The smallest absolute Gasteiger partial charge is 0.405 e. The lowest BCUT2D eigenvalue weighted by atomic mass is 9.82. The molecular weight excluding hydrogens is 555 g/mol. The Hall–Kier alpha value is -3.04. The van der Waals surface area contributed by atoms with Crippen LogP contribution in [0.1, 0.15) is 57.9 Å². The Balaban J connectivity index is 2.08. The van der Waals surface area contributed by atoms with E-state index in [-0.39, 0.29) is 30.1 Å². The zero-order valence-corrected chi connectivity index (χ0v) is 24.7. The first kappa shape index (κ1) is 32.5. The summed E-state index contributed by atoms with van der Waals surface area (Å²) in [6, 6.07) is 2.78. The van der Waals surface area contributed by atoms with E-state index < -0.39 is 24.0 Å². The average Bonchev–Trinajstić information content (AvgIpc) is 3.30. The fourth-order valence-corrected chi connectivity index (χ4v) is 5.28. The molecule has 2 aliphatic rings. The van der Waals surface area contributed by atoms with Crippen LogP contribution in [0, 0.1) is 11.8 Å². The van der Waals surface area contributed by atoms with E-state index in [4.69, 9.17) is 11.6 Å². The van der Waals surface area contributed by atoms with E-state index in [1.165, 1.54) is 18.1 Å². The van der Waals surface area contributed by atoms with Crippen LogP contribution in [-0.2, 0) is 4.79 Å². The standard InChI is InChI=1S/C30H39ClF3N5O2/c1-6-10-21(23-15-20(40)13-14-25(23)31)22-12-9-7-8-11-19(4)26(22)36-29(35-16-18(2)3)37-28(41)24-17-39(5)38-27(24)30(32,33)34/h6,8,13-15,18,21,24,27,38,40H,1,7,9-10,12,16-17H2,2-5H3,(H2,35,36,37,41). The Labute approximate surface area is 244 Å². The Morgan fingerprint density at radius 3 is 2.78 bits per heavy atom. The Morgan fingerprint density at radius 2 is 2.12 bits per heavy atom. The van der Waals surface area contributed by atoms with Gasteiger partial charge in [-0.2, -0.15) is 13.2 Å². The second-order valence-corrected chi connectivity index (χ2v) is 11.3. The SMILES string of the molecule is C=CCC(C1=C(NC(=NCC(C)C)NC(=O)C2CN(C)NC2C(F)(F)F)C(C)=C=CCCC1)c1cc(O)ccc1Cl. The lowest BCUT2D eigenvalue weighted by Gasteiger charge is -2.27. The number of aliphatic imine (C=N–C) groups is 1. The maximum Gasteiger partial charge on any atom is 0.405 e. The van der Waals surface area contributed by atoms with Gasteiger partial charge in [-0.3, -0.25) is 15.1 Å². The molecule has 1 amide bonds. The summed E-state index contributed by atoms with van der Waals surface area (Å²) < 4.78 is 41.1. The van der Waals surface area contributed by atoms with Gasteiger partial charge < -0.3 is 10.4 Å². The summed E-state index contributed by atoms with van der Waals surface area (Å²) in [6.45, 7) is 9.93. The lowest BCUT2D eigenvalue weighted by Crippen LogP contribution is -2.51. The first-order valence-electron chi connectivity index (χ1n) is 13.7. The van der Waals surface area contributed by atoms with E-state index in [1.807, 2.05) is 26.8 Å². The van der Waals surface area contributed by atoms with Gasteiger partial charge in [-0.05, 0) is 73.9 Å². The zero-order chi connectivity index (χ0) is 30.3. The molecule has 1 fully saturated rings. The van der Waals surface area contributed by atoms with Crippen molar-refractivity contribution >= 4 is 23.5 Å². The molecule has 1 aromatic rings.